The number of likely N-dealkylation sites (tertiary alicyclic amines) is 1. The highest BCUT2D eigenvalue weighted by molar-refractivity contribution is 5.99. The predicted molar refractivity (Wildman–Crippen MR) is 173 cm³/mol. The summed E-state index contributed by atoms with van der Waals surface area (Å²) in [5.41, 5.74) is 5.51. The van der Waals surface area contributed by atoms with E-state index in [0.29, 0.717) is 48.5 Å². The van der Waals surface area contributed by atoms with Crippen LogP contribution in [-0.4, -0.2) is 71.1 Å². The molecule has 5 heterocycles. The standard InChI is InChI=1S/C37H39F2N5O2/c1-23(38)36(45)43-20-14-30-31(43)21-44(30)34-28-12-11-27(26-10-4-8-24-7-2-3-9-25(24)26)32(39)33(28)41-35(29(34)13-17-40)46-22-37-15-5-18-42(37)19-6-16-37/h4,8,10-12,30-31H,1-3,5-7,9,13-16,18-22H2/t30-,31-/m1/s1. The first kappa shape index (κ1) is 29.4. The molecule has 0 saturated carbocycles. The highest BCUT2D eigenvalue weighted by Crippen LogP contribution is 2.47. The number of amides is 1. The van der Waals surface area contributed by atoms with Crippen LogP contribution in [-0.2, 0) is 24.1 Å². The molecule has 4 fully saturated rings. The van der Waals surface area contributed by atoms with Crippen molar-refractivity contribution in [3.8, 4) is 23.1 Å². The third kappa shape index (κ3) is 4.51. The van der Waals surface area contributed by atoms with E-state index in [0.717, 1.165) is 75.7 Å². The first-order valence-electron chi connectivity index (χ1n) is 16.8. The van der Waals surface area contributed by atoms with Crippen molar-refractivity contribution in [2.75, 3.05) is 37.7 Å². The molecule has 9 heteroatoms. The van der Waals surface area contributed by atoms with Crippen LogP contribution in [0.2, 0.25) is 0 Å². The molecule has 7 nitrogen and oxygen atoms in total. The van der Waals surface area contributed by atoms with Gasteiger partial charge in [0, 0.05) is 24.0 Å². The molecule has 0 spiro atoms. The molecule has 238 valence electrons. The highest BCUT2D eigenvalue weighted by Gasteiger charge is 2.51. The fraction of sp³-hybridized carbons (Fsp3) is 0.486. The van der Waals surface area contributed by atoms with E-state index in [1.165, 1.54) is 11.1 Å². The number of hydrogen-bond acceptors (Lipinski definition) is 6. The van der Waals surface area contributed by atoms with Gasteiger partial charge in [0.2, 0.25) is 5.88 Å². The third-order valence-electron chi connectivity index (χ3n) is 11.4. The summed E-state index contributed by atoms with van der Waals surface area (Å²) in [7, 11) is 0. The number of hydrogen-bond donors (Lipinski definition) is 0. The largest absolute Gasteiger partial charge is 0.475 e. The van der Waals surface area contributed by atoms with E-state index in [4.69, 9.17) is 9.72 Å². The Morgan fingerprint density at radius 3 is 2.65 bits per heavy atom. The maximum atomic E-state index is 17.0. The maximum Gasteiger partial charge on any atom is 0.282 e. The zero-order valence-electron chi connectivity index (χ0n) is 26.2. The number of aromatic nitrogens is 1. The molecule has 4 saturated heterocycles. The van der Waals surface area contributed by atoms with E-state index in [9.17, 15) is 14.4 Å². The Bertz CT molecular complexity index is 1790. The van der Waals surface area contributed by atoms with Gasteiger partial charge in [0.05, 0.1) is 41.4 Å². The Kier molecular flexibility index (Phi) is 7.24. The van der Waals surface area contributed by atoms with E-state index >= 15 is 4.39 Å². The molecule has 1 aromatic heterocycles. The molecule has 4 aliphatic heterocycles. The topological polar surface area (TPSA) is 72.7 Å². The number of nitrogens with zero attached hydrogens (tertiary/aromatic N) is 5. The van der Waals surface area contributed by atoms with Gasteiger partial charge < -0.3 is 14.5 Å². The maximum absolute atomic E-state index is 17.0. The fourth-order valence-corrected chi connectivity index (χ4v) is 9.17. The number of carbonyl (C=O) groups excluding carboxylic acids is 1. The molecule has 3 aromatic rings. The highest BCUT2D eigenvalue weighted by atomic mass is 19.1. The summed E-state index contributed by atoms with van der Waals surface area (Å²) < 4.78 is 37.4. The molecular weight excluding hydrogens is 584 g/mol. The second-order valence-corrected chi connectivity index (χ2v) is 13.7. The number of anilines is 1. The first-order valence-corrected chi connectivity index (χ1v) is 16.8. The van der Waals surface area contributed by atoms with E-state index in [-0.39, 0.29) is 35.4 Å². The van der Waals surface area contributed by atoms with Crippen LogP contribution < -0.4 is 9.64 Å². The zero-order chi connectivity index (χ0) is 31.6. The van der Waals surface area contributed by atoms with Crippen LogP contribution >= 0.6 is 0 Å². The molecule has 2 atom stereocenters. The van der Waals surface area contributed by atoms with E-state index in [1.54, 1.807) is 4.90 Å². The summed E-state index contributed by atoms with van der Waals surface area (Å²) in [6, 6.07) is 12.0. The average molecular weight is 624 g/mol. The van der Waals surface area contributed by atoms with Gasteiger partial charge in [-0.25, -0.2) is 13.8 Å². The number of rotatable bonds is 7. The number of halogens is 2. The number of pyridine rings is 1. The average Bonchev–Trinajstić information content (AvgIpc) is 3.73. The smallest absolute Gasteiger partial charge is 0.282 e. The van der Waals surface area contributed by atoms with Crippen LogP contribution in [0.25, 0.3) is 22.0 Å². The summed E-state index contributed by atoms with van der Waals surface area (Å²) in [6.07, 6.45) is 9.21. The number of nitriles is 1. The van der Waals surface area contributed by atoms with Crippen molar-refractivity contribution in [1.82, 2.24) is 14.8 Å². The molecule has 0 bridgehead atoms. The van der Waals surface area contributed by atoms with Crippen molar-refractivity contribution in [3.05, 3.63) is 65.2 Å². The number of fused-ring (bicyclic) bond motifs is 4. The molecule has 2 aromatic carbocycles. The van der Waals surface area contributed by atoms with Crippen molar-refractivity contribution in [2.24, 2.45) is 0 Å². The first-order chi connectivity index (χ1) is 22.4. The van der Waals surface area contributed by atoms with Gasteiger partial charge in [-0.05, 0) is 93.6 Å². The molecule has 1 aliphatic carbocycles. The van der Waals surface area contributed by atoms with Crippen LogP contribution in [0.4, 0.5) is 14.5 Å². The van der Waals surface area contributed by atoms with Crippen LogP contribution in [0.5, 0.6) is 5.88 Å². The lowest BCUT2D eigenvalue weighted by Crippen LogP contribution is -2.63. The van der Waals surface area contributed by atoms with Gasteiger partial charge >= 0.3 is 0 Å². The summed E-state index contributed by atoms with van der Waals surface area (Å²) in [4.78, 5) is 23.7. The Morgan fingerprint density at radius 1 is 1.07 bits per heavy atom. The van der Waals surface area contributed by atoms with Gasteiger partial charge in [0.15, 0.2) is 11.6 Å². The molecule has 0 radical (unpaired) electrons. The third-order valence-corrected chi connectivity index (χ3v) is 11.4. The van der Waals surface area contributed by atoms with Crippen LogP contribution in [0.3, 0.4) is 0 Å². The number of benzene rings is 2. The van der Waals surface area contributed by atoms with Crippen molar-refractivity contribution >= 4 is 22.5 Å². The molecule has 0 N–H and O–H groups in total. The van der Waals surface area contributed by atoms with E-state index < -0.39 is 11.7 Å². The molecule has 8 rings (SSSR count). The quantitative estimate of drug-likeness (QED) is 0.289. The normalized spacial score (nSPS) is 23.1. The monoisotopic (exact) mass is 623 g/mol. The minimum absolute atomic E-state index is 0.0485. The summed E-state index contributed by atoms with van der Waals surface area (Å²) in [6.45, 7) is 6.65. The van der Waals surface area contributed by atoms with Gasteiger partial charge in [-0.15, -0.1) is 0 Å². The summed E-state index contributed by atoms with van der Waals surface area (Å²) in [5.74, 6) is -1.71. The lowest BCUT2D eigenvalue weighted by molar-refractivity contribution is -0.130. The van der Waals surface area contributed by atoms with Gasteiger partial charge in [-0.1, -0.05) is 30.8 Å². The Morgan fingerprint density at radius 2 is 1.87 bits per heavy atom. The van der Waals surface area contributed by atoms with Crippen molar-refractivity contribution in [2.45, 2.75) is 81.8 Å². The molecular formula is C37H39F2N5O2. The summed E-state index contributed by atoms with van der Waals surface area (Å²) in [5, 5.41) is 10.7. The van der Waals surface area contributed by atoms with Crippen LogP contribution in [0.15, 0.2) is 42.7 Å². The second kappa shape index (κ2) is 11.3. The van der Waals surface area contributed by atoms with Crippen molar-refractivity contribution in [1.29, 1.82) is 5.26 Å². The van der Waals surface area contributed by atoms with Crippen molar-refractivity contribution in [3.63, 3.8) is 0 Å². The van der Waals surface area contributed by atoms with Gasteiger partial charge in [-0.2, -0.15) is 5.26 Å². The van der Waals surface area contributed by atoms with Crippen LogP contribution in [0.1, 0.15) is 61.6 Å². The Balaban J connectivity index is 1.26. The minimum atomic E-state index is -0.959. The van der Waals surface area contributed by atoms with Crippen molar-refractivity contribution < 1.29 is 18.3 Å². The van der Waals surface area contributed by atoms with E-state index in [2.05, 4.69) is 28.5 Å². The van der Waals surface area contributed by atoms with E-state index in [1.807, 2.05) is 24.3 Å². The Hall–Kier alpha value is -4.03. The fourth-order valence-electron chi connectivity index (χ4n) is 9.17. The molecule has 1 amide bonds. The number of carbonyl (C=O) groups is 1. The number of ether oxygens (including phenoxy) is 1. The predicted octanol–water partition coefficient (Wildman–Crippen LogP) is 6.27. The lowest BCUT2D eigenvalue weighted by atomic mass is 9.85. The lowest BCUT2D eigenvalue weighted by Gasteiger charge is -2.49. The van der Waals surface area contributed by atoms with Gasteiger partial charge in [-0.3, -0.25) is 9.69 Å². The second-order valence-electron chi connectivity index (χ2n) is 13.7. The van der Waals surface area contributed by atoms with Gasteiger partial charge in [0.1, 0.15) is 12.1 Å². The number of aryl methyl sites for hydroxylation is 1. The minimum Gasteiger partial charge on any atom is -0.475 e. The van der Waals surface area contributed by atoms with Crippen LogP contribution in [0, 0.1) is 17.1 Å². The molecule has 0 unspecified atom stereocenters. The zero-order valence-corrected chi connectivity index (χ0v) is 26.2. The Labute approximate surface area is 268 Å². The summed E-state index contributed by atoms with van der Waals surface area (Å²) >= 11 is 0. The SMILES string of the molecule is C=C(F)C(=O)N1CC[C@@H]2[C@H]1CN2c1c(CC#N)c(OCC23CCCN2CCC3)nc2c(F)c(-c3cccc4c3CCCC4)ccc12. The molecule has 5 aliphatic rings. The molecule has 46 heavy (non-hydrogen) atoms. The van der Waals surface area contributed by atoms with Gasteiger partial charge in [0.25, 0.3) is 5.91 Å².